The van der Waals surface area contributed by atoms with Crippen LogP contribution in [0.15, 0.2) is 71.1 Å². The van der Waals surface area contributed by atoms with Crippen molar-refractivity contribution in [3.63, 3.8) is 0 Å². The second-order valence-corrected chi connectivity index (χ2v) is 6.26. The number of hydrogen-bond acceptors (Lipinski definition) is 3. The highest BCUT2D eigenvalue weighted by atomic mass is 19.1. The summed E-state index contributed by atoms with van der Waals surface area (Å²) in [4.78, 5) is 17.4. The van der Waals surface area contributed by atoms with Gasteiger partial charge in [-0.1, -0.05) is 36.4 Å². The minimum absolute atomic E-state index is 0.108. The van der Waals surface area contributed by atoms with Crippen LogP contribution in [0.2, 0.25) is 0 Å². The molecule has 0 saturated carbocycles. The lowest BCUT2D eigenvalue weighted by molar-refractivity contribution is 0.0952. The Hall–Kier alpha value is -3.47. The van der Waals surface area contributed by atoms with Crippen molar-refractivity contribution in [2.24, 2.45) is 0 Å². The maximum absolute atomic E-state index is 13.8. The van der Waals surface area contributed by atoms with E-state index in [2.05, 4.69) is 10.3 Å². The lowest BCUT2D eigenvalue weighted by Gasteiger charge is -2.10. The molecule has 27 heavy (non-hydrogen) atoms. The largest absolute Gasteiger partial charge is 0.460 e. The van der Waals surface area contributed by atoms with Crippen molar-refractivity contribution in [3.8, 4) is 11.5 Å². The summed E-state index contributed by atoms with van der Waals surface area (Å²) in [6, 6.07) is 19.2. The summed E-state index contributed by atoms with van der Waals surface area (Å²) in [6.45, 7) is 1.96. The van der Waals surface area contributed by atoms with Crippen molar-refractivity contribution in [1.82, 2.24) is 10.3 Å². The molecular weight excluding hydrogens is 343 g/mol. The van der Waals surface area contributed by atoms with Crippen molar-refractivity contribution in [2.45, 2.75) is 13.5 Å². The molecule has 2 aromatic carbocycles. The van der Waals surface area contributed by atoms with Crippen LogP contribution in [0.25, 0.3) is 22.4 Å². The van der Waals surface area contributed by atoms with Crippen LogP contribution in [0.4, 0.5) is 4.39 Å². The first-order valence-corrected chi connectivity index (χ1v) is 8.60. The van der Waals surface area contributed by atoms with Gasteiger partial charge in [0.05, 0.1) is 11.1 Å². The smallest absolute Gasteiger partial charge is 0.252 e. The average molecular weight is 360 g/mol. The summed E-state index contributed by atoms with van der Waals surface area (Å²) in [5.74, 6) is 0.734. The van der Waals surface area contributed by atoms with E-state index in [9.17, 15) is 9.18 Å². The maximum Gasteiger partial charge on any atom is 0.252 e. The maximum atomic E-state index is 13.8. The van der Waals surface area contributed by atoms with E-state index in [1.54, 1.807) is 24.3 Å². The van der Waals surface area contributed by atoms with E-state index in [-0.39, 0.29) is 18.3 Å². The number of aryl methyl sites for hydroxylation is 1. The predicted molar refractivity (Wildman–Crippen MR) is 102 cm³/mol. The number of halogens is 1. The molecule has 1 N–H and O–H groups in total. The van der Waals surface area contributed by atoms with Crippen LogP contribution in [0.3, 0.4) is 0 Å². The third-order valence-electron chi connectivity index (χ3n) is 4.35. The molecule has 4 rings (SSSR count). The Morgan fingerprint density at radius 1 is 1.07 bits per heavy atom. The molecule has 0 spiro atoms. The molecular formula is C22H17FN2O2. The van der Waals surface area contributed by atoms with Gasteiger partial charge >= 0.3 is 0 Å². The number of pyridine rings is 1. The second kappa shape index (κ2) is 7.03. The number of carbonyl (C=O) groups excluding carboxylic acids is 1. The number of amides is 1. The zero-order chi connectivity index (χ0) is 18.8. The zero-order valence-corrected chi connectivity index (χ0v) is 14.7. The van der Waals surface area contributed by atoms with E-state index in [1.807, 2.05) is 43.3 Å². The van der Waals surface area contributed by atoms with E-state index < -0.39 is 0 Å². The fourth-order valence-corrected chi connectivity index (χ4v) is 2.97. The number of benzene rings is 2. The van der Waals surface area contributed by atoms with Crippen molar-refractivity contribution in [2.75, 3.05) is 0 Å². The summed E-state index contributed by atoms with van der Waals surface area (Å²) in [5.41, 5.74) is 2.19. The lowest BCUT2D eigenvalue weighted by Crippen LogP contribution is -2.23. The molecule has 5 heteroatoms. The first kappa shape index (κ1) is 17.0. The van der Waals surface area contributed by atoms with Gasteiger partial charge in [0.25, 0.3) is 5.91 Å². The minimum Gasteiger partial charge on any atom is -0.460 e. The second-order valence-electron chi connectivity index (χ2n) is 6.26. The van der Waals surface area contributed by atoms with Crippen LogP contribution < -0.4 is 5.32 Å². The highest BCUT2D eigenvalue weighted by molar-refractivity contribution is 6.07. The van der Waals surface area contributed by atoms with Gasteiger partial charge in [-0.2, -0.15) is 0 Å². The Labute approximate surface area is 155 Å². The third kappa shape index (κ3) is 3.44. The molecule has 1 amide bonds. The minimum atomic E-state index is -0.343. The predicted octanol–water partition coefficient (Wildman–Crippen LogP) is 4.87. The van der Waals surface area contributed by atoms with Gasteiger partial charge in [0, 0.05) is 17.5 Å². The fourth-order valence-electron chi connectivity index (χ4n) is 2.97. The van der Waals surface area contributed by atoms with Crippen LogP contribution in [0.5, 0.6) is 0 Å². The molecule has 4 nitrogen and oxygen atoms in total. The molecule has 4 aromatic rings. The van der Waals surface area contributed by atoms with Crippen LogP contribution in [-0.2, 0) is 6.54 Å². The third-order valence-corrected chi connectivity index (χ3v) is 4.35. The molecule has 0 bridgehead atoms. The van der Waals surface area contributed by atoms with Gasteiger partial charge < -0.3 is 9.73 Å². The highest BCUT2D eigenvalue weighted by Gasteiger charge is 2.15. The zero-order valence-electron chi connectivity index (χ0n) is 14.7. The monoisotopic (exact) mass is 360 g/mol. The summed E-state index contributed by atoms with van der Waals surface area (Å²) in [7, 11) is 0. The molecule has 0 aliphatic heterocycles. The standard InChI is InChI=1S/C22H17FN2O2/c1-14-10-11-21(27-14)20-12-17(16-7-3-5-9-19(16)25-20)22(26)24-13-15-6-2-4-8-18(15)23/h2-12H,13H2,1H3,(H,24,26). The summed E-state index contributed by atoms with van der Waals surface area (Å²) in [5, 5.41) is 3.53. The van der Waals surface area contributed by atoms with E-state index in [0.717, 1.165) is 11.1 Å². The topological polar surface area (TPSA) is 55.1 Å². The van der Waals surface area contributed by atoms with Crippen molar-refractivity contribution in [3.05, 3.63) is 89.4 Å². The SMILES string of the molecule is Cc1ccc(-c2cc(C(=O)NCc3ccccc3F)c3ccccc3n2)o1. The number of hydrogen-bond donors (Lipinski definition) is 1. The Morgan fingerprint density at radius 2 is 1.85 bits per heavy atom. The van der Waals surface area contributed by atoms with E-state index in [0.29, 0.717) is 28.1 Å². The number of fused-ring (bicyclic) bond motifs is 1. The van der Waals surface area contributed by atoms with Gasteiger partial charge in [0.15, 0.2) is 5.76 Å². The van der Waals surface area contributed by atoms with Gasteiger partial charge in [-0.25, -0.2) is 9.37 Å². The lowest BCUT2D eigenvalue weighted by atomic mass is 10.1. The summed E-state index contributed by atoms with van der Waals surface area (Å²) < 4.78 is 19.5. The highest BCUT2D eigenvalue weighted by Crippen LogP contribution is 2.26. The first-order valence-electron chi connectivity index (χ1n) is 8.60. The average Bonchev–Trinajstić information content (AvgIpc) is 3.12. The Morgan fingerprint density at radius 3 is 2.63 bits per heavy atom. The van der Waals surface area contributed by atoms with Gasteiger partial charge in [0.2, 0.25) is 0 Å². The van der Waals surface area contributed by atoms with Crippen molar-refractivity contribution in [1.29, 1.82) is 0 Å². The van der Waals surface area contributed by atoms with Gasteiger partial charge in [-0.3, -0.25) is 4.79 Å². The molecule has 0 atom stereocenters. The van der Waals surface area contributed by atoms with Gasteiger partial charge in [-0.15, -0.1) is 0 Å². The Bertz CT molecular complexity index is 1130. The molecule has 2 heterocycles. The molecule has 0 radical (unpaired) electrons. The molecule has 134 valence electrons. The molecule has 0 fully saturated rings. The molecule has 0 aliphatic rings. The summed E-state index contributed by atoms with van der Waals surface area (Å²) >= 11 is 0. The van der Waals surface area contributed by atoms with E-state index in [1.165, 1.54) is 6.07 Å². The molecule has 0 aliphatic carbocycles. The molecule has 0 saturated heterocycles. The molecule has 0 unspecified atom stereocenters. The van der Waals surface area contributed by atoms with Crippen molar-refractivity contribution < 1.29 is 13.6 Å². The van der Waals surface area contributed by atoms with Gasteiger partial charge in [0.1, 0.15) is 17.3 Å². The quantitative estimate of drug-likeness (QED) is 0.565. The van der Waals surface area contributed by atoms with Crippen LogP contribution >= 0.6 is 0 Å². The van der Waals surface area contributed by atoms with E-state index in [4.69, 9.17) is 4.42 Å². The van der Waals surface area contributed by atoms with Crippen LogP contribution in [0, 0.1) is 12.7 Å². The number of nitrogens with zero attached hydrogens (tertiary/aromatic N) is 1. The summed E-state index contributed by atoms with van der Waals surface area (Å²) in [6.07, 6.45) is 0. The number of furan rings is 1. The number of para-hydroxylation sites is 1. The van der Waals surface area contributed by atoms with Crippen molar-refractivity contribution >= 4 is 16.8 Å². The number of aromatic nitrogens is 1. The Kier molecular flexibility index (Phi) is 4.42. The first-order chi connectivity index (χ1) is 13.1. The van der Waals surface area contributed by atoms with Gasteiger partial charge in [-0.05, 0) is 37.3 Å². The number of nitrogens with one attached hydrogen (secondary N) is 1. The fraction of sp³-hybridized carbons (Fsp3) is 0.0909. The Balaban J connectivity index is 1.71. The van der Waals surface area contributed by atoms with Crippen LogP contribution in [-0.4, -0.2) is 10.9 Å². The molecule has 2 aromatic heterocycles. The number of carbonyl (C=O) groups is 1. The van der Waals surface area contributed by atoms with E-state index >= 15 is 0 Å². The normalized spacial score (nSPS) is 10.9. The van der Waals surface area contributed by atoms with Crippen LogP contribution in [0.1, 0.15) is 21.7 Å². The number of rotatable bonds is 4.